The number of methoxy groups -OCH3 is 1. The Morgan fingerprint density at radius 3 is 2.62 bits per heavy atom. The van der Waals surface area contributed by atoms with Crippen LogP contribution in [0.25, 0.3) is 0 Å². The topological polar surface area (TPSA) is 93.5 Å². The lowest BCUT2D eigenvalue weighted by Crippen LogP contribution is -2.56. The molecular formula is C21H26N4O4. The number of carbonyl (C=O) groups excluding carboxylic acids is 2. The second kappa shape index (κ2) is 9.00. The van der Waals surface area contributed by atoms with Gasteiger partial charge in [-0.1, -0.05) is 6.07 Å². The average molecular weight is 398 g/mol. The Labute approximate surface area is 169 Å². The van der Waals surface area contributed by atoms with Crippen LogP contribution >= 0.6 is 0 Å². The number of hydrogen-bond donors (Lipinski definition) is 1. The van der Waals surface area contributed by atoms with Crippen LogP contribution < -0.4 is 10.9 Å². The summed E-state index contributed by atoms with van der Waals surface area (Å²) in [5, 5.41) is 2.93. The van der Waals surface area contributed by atoms with E-state index in [1.165, 1.54) is 17.7 Å². The van der Waals surface area contributed by atoms with Gasteiger partial charge in [0.1, 0.15) is 5.60 Å². The summed E-state index contributed by atoms with van der Waals surface area (Å²) in [7, 11) is 3.16. The van der Waals surface area contributed by atoms with Gasteiger partial charge in [0.2, 0.25) is 0 Å². The summed E-state index contributed by atoms with van der Waals surface area (Å²) in [6.45, 7) is 1.24. The molecule has 154 valence electrons. The summed E-state index contributed by atoms with van der Waals surface area (Å²) < 4.78 is 7.01. The Bertz CT molecular complexity index is 918. The molecule has 0 spiro atoms. The minimum atomic E-state index is -0.951. The lowest BCUT2D eigenvalue weighted by Gasteiger charge is -2.39. The van der Waals surface area contributed by atoms with Crippen molar-refractivity contribution in [3.8, 4) is 0 Å². The number of aryl methyl sites for hydroxylation is 1. The van der Waals surface area contributed by atoms with Crippen molar-refractivity contribution in [2.45, 2.75) is 24.9 Å². The number of likely N-dealkylation sites (tertiary alicyclic amines) is 1. The Hall–Kier alpha value is -3.00. The highest BCUT2D eigenvalue weighted by atomic mass is 16.5. The Morgan fingerprint density at radius 2 is 2.00 bits per heavy atom. The number of amides is 2. The van der Waals surface area contributed by atoms with Gasteiger partial charge in [0.25, 0.3) is 17.4 Å². The highest BCUT2D eigenvalue weighted by Crippen LogP contribution is 2.27. The molecule has 2 aromatic rings. The molecule has 0 saturated carbocycles. The molecule has 0 aliphatic carbocycles. The minimum Gasteiger partial charge on any atom is -0.368 e. The molecule has 2 amide bonds. The van der Waals surface area contributed by atoms with Crippen molar-refractivity contribution in [3.05, 3.63) is 64.3 Å². The van der Waals surface area contributed by atoms with Crippen LogP contribution in [0, 0.1) is 0 Å². The number of hydrogen-bond acceptors (Lipinski definition) is 5. The normalized spacial score (nSPS) is 15.7. The largest absolute Gasteiger partial charge is 0.368 e. The summed E-state index contributed by atoms with van der Waals surface area (Å²) in [5.74, 6) is -0.375. The van der Waals surface area contributed by atoms with Crippen LogP contribution in [0.15, 0.2) is 47.5 Å². The molecule has 0 radical (unpaired) electrons. The fourth-order valence-electron chi connectivity index (χ4n) is 3.47. The fourth-order valence-corrected chi connectivity index (χ4v) is 3.47. The van der Waals surface area contributed by atoms with Gasteiger partial charge >= 0.3 is 0 Å². The molecular weight excluding hydrogens is 372 g/mol. The lowest BCUT2D eigenvalue weighted by atomic mass is 9.89. The predicted octanol–water partition coefficient (Wildman–Crippen LogP) is 0.760. The summed E-state index contributed by atoms with van der Waals surface area (Å²) >= 11 is 0. The van der Waals surface area contributed by atoms with Gasteiger partial charge in [-0.3, -0.25) is 19.4 Å². The highest BCUT2D eigenvalue weighted by molar-refractivity contribution is 5.94. The monoisotopic (exact) mass is 398 g/mol. The maximum Gasteiger partial charge on any atom is 0.254 e. The van der Waals surface area contributed by atoms with Crippen LogP contribution in [0.2, 0.25) is 0 Å². The van der Waals surface area contributed by atoms with E-state index >= 15 is 0 Å². The smallest absolute Gasteiger partial charge is 0.254 e. The van der Waals surface area contributed by atoms with Gasteiger partial charge in [0.05, 0.1) is 0 Å². The number of aromatic nitrogens is 2. The second-order valence-electron chi connectivity index (χ2n) is 7.18. The van der Waals surface area contributed by atoms with Crippen LogP contribution in [0.5, 0.6) is 0 Å². The zero-order valence-electron chi connectivity index (χ0n) is 16.8. The van der Waals surface area contributed by atoms with Crippen LogP contribution in [-0.4, -0.2) is 58.6 Å². The van der Waals surface area contributed by atoms with Crippen LogP contribution in [0.4, 0.5) is 0 Å². The summed E-state index contributed by atoms with van der Waals surface area (Å²) in [6.07, 6.45) is 4.74. The molecule has 0 aromatic carbocycles. The minimum absolute atomic E-state index is 0.170. The van der Waals surface area contributed by atoms with Gasteiger partial charge < -0.3 is 19.5 Å². The van der Waals surface area contributed by atoms with E-state index in [-0.39, 0.29) is 17.4 Å². The van der Waals surface area contributed by atoms with Crippen LogP contribution in [-0.2, 0) is 23.0 Å². The van der Waals surface area contributed by atoms with Gasteiger partial charge in [0.15, 0.2) is 0 Å². The van der Waals surface area contributed by atoms with Crippen molar-refractivity contribution in [1.29, 1.82) is 0 Å². The van der Waals surface area contributed by atoms with E-state index in [4.69, 9.17) is 4.74 Å². The summed E-state index contributed by atoms with van der Waals surface area (Å²) in [4.78, 5) is 43.1. The second-order valence-corrected chi connectivity index (χ2v) is 7.18. The van der Waals surface area contributed by atoms with Crippen molar-refractivity contribution in [1.82, 2.24) is 19.8 Å². The van der Waals surface area contributed by atoms with Gasteiger partial charge in [-0.15, -0.1) is 0 Å². The molecule has 29 heavy (non-hydrogen) atoms. The van der Waals surface area contributed by atoms with Crippen molar-refractivity contribution >= 4 is 11.8 Å². The van der Waals surface area contributed by atoms with Crippen molar-refractivity contribution in [3.63, 3.8) is 0 Å². The van der Waals surface area contributed by atoms with E-state index in [1.807, 2.05) is 18.2 Å². The number of carbonyl (C=O) groups is 2. The molecule has 2 aromatic heterocycles. The molecule has 3 heterocycles. The number of nitrogens with zero attached hydrogens (tertiary/aromatic N) is 3. The Morgan fingerprint density at radius 1 is 1.24 bits per heavy atom. The third-order valence-corrected chi connectivity index (χ3v) is 5.41. The van der Waals surface area contributed by atoms with Crippen molar-refractivity contribution in [2.75, 3.05) is 26.7 Å². The van der Waals surface area contributed by atoms with E-state index < -0.39 is 5.60 Å². The molecule has 1 N–H and O–H groups in total. The van der Waals surface area contributed by atoms with Gasteiger partial charge in [-0.05, 0) is 18.2 Å². The molecule has 3 rings (SSSR count). The van der Waals surface area contributed by atoms with E-state index in [1.54, 1.807) is 30.4 Å². The molecule has 1 fully saturated rings. The number of rotatable bonds is 6. The number of pyridine rings is 2. The highest BCUT2D eigenvalue weighted by Gasteiger charge is 2.42. The third kappa shape index (κ3) is 4.71. The van der Waals surface area contributed by atoms with E-state index in [0.29, 0.717) is 44.5 Å². The predicted molar refractivity (Wildman–Crippen MR) is 108 cm³/mol. The zero-order valence-corrected chi connectivity index (χ0v) is 16.8. The van der Waals surface area contributed by atoms with Crippen molar-refractivity contribution in [2.24, 2.45) is 7.05 Å². The first-order chi connectivity index (χ1) is 13.9. The first-order valence-corrected chi connectivity index (χ1v) is 9.64. The maximum atomic E-state index is 12.8. The fraction of sp³-hybridized carbons (Fsp3) is 0.429. The molecule has 1 aliphatic rings. The Kier molecular flexibility index (Phi) is 6.43. The van der Waals surface area contributed by atoms with Gasteiger partial charge in [0, 0.05) is 82.8 Å². The Balaban J connectivity index is 1.57. The summed E-state index contributed by atoms with van der Waals surface area (Å²) in [6, 6.07) is 8.65. The first kappa shape index (κ1) is 20.7. The molecule has 0 bridgehead atoms. The zero-order chi connectivity index (χ0) is 20.9. The van der Waals surface area contributed by atoms with E-state index in [9.17, 15) is 14.4 Å². The lowest BCUT2D eigenvalue weighted by molar-refractivity contribution is -0.148. The SMILES string of the molecule is COC1(C(=O)NCCc2ccccn2)CCN(C(=O)c2ccn(C)c(=O)c2)CC1. The van der Waals surface area contributed by atoms with E-state index in [2.05, 4.69) is 10.3 Å². The molecule has 1 saturated heterocycles. The van der Waals surface area contributed by atoms with Gasteiger partial charge in [-0.25, -0.2) is 0 Å². The number of ether oxygens (including phenoxy) is 1. The molecule has 0 unspecified atom stereocenters. The molecule has 8 heteroatoms. The average Bonchev–Trinajstić information content (AvgIpc) is 2.76. The van der Waals surface area contributed by atoms with Gasteiger partial charge in [-0.2, -0.15) is 0 Å². The standard InChI is InChI=1S/C21H26N4O4/c1-24-12-7-16(15-18(24)26)19(27)25-13-8-21(29-2,9-14-25)20(28)23-11-6-17-5-3-4-10-22-17/h3-5,7,10,12,15H,6,8-9,11,13-14H2,1-2H3,(H,23,28). The number of piperidine rings is 1. The third-order valence-electron chi connectivity index (χ3n) is 5.41. The van der Waals surface area contributed by atoms with E-state index in [0.717, 1.165) is 5.69 Å². The molecule has 8 nitrogen and oxygen atoms in total. The number of nitrogens with one attached hydrogen (secondary N) is 1. The molecule has 0 atom stereocenters. The van der Waals surface area contributed by atoms with Crippen molar-refractivity contribution < 1.29 is 14.3 Å². The quantitative estimate of drug-likeness (QED) is 0.775. The first-order valence-electron chi connectivity index (χ1n) is 9.64. The van der Waals surface area contributed by atoms with Crippen LogP contribution in [0.3, 0.4) is 0 Å². The van der Waals surface area contributed by atoms with Crippen LogP contribution in [0.1, 0.15) is 28.9 Å². The summed E-state index contributed by atoms with van der Waals surface area (Å²) in [5.41, 5.74) is 0.0890. The maximum absolute atomic E-state index is 12.8. The molecule has 1 aliphatic heterocycles.